The highest BCUT2D eigenvalue weighted by molar-refractivity contribution is 6.46. The molecule has 2 aliphatic heterocycles. The van der Waals surface area contributed by atoms with Crippen molar-refractivity contribution in [3.63, 3.8) is 0 Å². The van der Waals surface area contributed by atoms with Crippen molar-refractivity contribution in [1.29, 1.82) is 0 Å². The van der Waals surface area contributed by atoms with E-state index >= 15 is 0 Å². The van der Waals surface area contributed by atoms with Gasteiger partial charge in [0.25, 0.3) is 11.7 Å². The molecule has 202 valence electrons. The monoisotopic (exact) mass is 520 g/mol. The Morgan fingerprint density at radius 1 is 1.03 bits per heavy atom. The van der Waals surface area contributed by atoms with Crippen LogP contribution in [-0.2, 0) is 14.3 Å². The maximum absolute atomic E-state index is 13.3. The minimum atomic E-state index is -0.698. The van der Waals surface area contributed by atoms with E-state index in [-0.39, 0.29) is 11.3 Å². The van der Waals surface area contributed by atoms with Gasteiger partial charge >= 0.3 is 0 Å². The Kier molecular flexibility index (Phi) is 9.56. The SMILES string of the molecule is C=CCOc1ccc(/C(O)=C2/C(=O)C(=O)N(CCCN3CCOCC3)C2c2ccc(OCCC)cc2)cc1. The van der Waals surface area contributed by atoms with Crippen LogP contribution in [0.5, 0.6) is 11.5 Å². The van der Waals surface area contributed by atoms with Crippen molar-refractivity contribution >= 4 is 17.4 Å². The minimum absolute atomic E-state index is 0.0864. The first-order valence-electron chi connectivity index (χ1n) is 13.2. The number of ketones is 1. The number of rotatable bonds is 12. The first-order chi connectivity index (χ1) is 18.5. The summed E-state index contributed by atoms with van der Waals surface area (Å²) < 4.78 is 16.7. The van der Waals surface area contributed by atoms with Gasteiger partial charge in [-0.3, -0.25) is 14.5 Å². The zero-order valence-corrected chi connectivity index (χ0v) is 21.9. The Morgan fingerprint density at radius 3 is 2.34 bits per heavy atom. The molecular weight excluding hydrogens is 484 g/mol. The summed E-state index contributed by atoms with van der Waals surface area (Å²) in [6.07, 6.45) is 3.24. The van der Waals surface area contributed by atoms with E-state index < -0.39 is 17.7 Å². The van der Waals surface area contributed by atoms with E-state index in [0.29, 0.717) is 50.7 Å². The number of hydrogen-bond acceptors (Lipinski definition) is 7. The molecule has 2 aliphatic rings. The number of benzene rings is 2. The van der Waals surface area contributed by atoms with Crippen LogP contribution in [0, 0.1) is 0 Å². The van der Waals surface area contributed by atoms with E-state index in [9.17, 15) is 14.7 Å². The maximum Gasteiger partial charge on any atom is 0.295 e. The molecule has 8 nitrogen and oxygen atoms in total. The molecule has 0 radical (unpaired) electrons. The van der Waals surface area contributed by atoms with E-state index in [0.717, 1.165) is 37.4 Å². The van der Waals surface area contributed by atoms with Crippen molar-refractivity contribution < 1.29 is 28.9 Å². The molecule has 1 amide bonds. The fraction of sp³-hybridized carbons (Fsp3) is 0.400. The molecule has 2 saturated heterocycles. The van der Waals surface area contributed by atoms with Gasteiger partial charge in [-0.15, -0.1) is 0 Å². The van der Waals surface area contributed by atoms with Crippen molar-refractivity contribution in [3.05, 3.63) is 77.9 Å². The molecule has 0 aliphatic carbocycles. The summed E-state index contributed by atoms with van der Waals surface area (Å²) in [6.45, 7) is 11.0. The van der Waals surface area contributed by atoms with Gasteiger partial charge < -0.3 is 24.2 Å². The number of hydrogen-bond donors (Lipinski definition) is 1. The number of aliphatic hydroxyl groups excluding tert-OH is 1. The first kappa shape index (κ1) is 27.4. The third-order valence-corrected chi connectivity index (χ3v) is 6.68. The van der Waals surface area contributed by atoms with Crippen molar-refractivity contribution in [3.8, 4) is 11.5 Å². The summed E-state index contributed by atoms with van der Waals surface area (Å²) in [5.41, 5.74) is 1.27. The van der Waals surface area contributed by atoms with Gasteiger partial charge in [0.15, 0.2) is 0 Å². The van der Waals surface area contributed by atoms with E-state index in [1.165, 1.54) is 0 Å². The highest BCUT2D eigenvalue weighted by Crippen LogP contribution is 2.40. The van der Waals surface area contributed by atoms with E-state index in [1.807, 2.05) is 31.2 Å². The Balaban J connectivity index is 1.63. The van der Waals surface area contributed by atoms with Gasteiger partial charge in [-0.25, -0.2) is 0 Å². The number of Topliss-reactive ketones (excluding diaryl/α,β-unsaturated/α-hetero) is 1. The molecule has 0 saturated carbocycles. The van der Waals surface area contributed by atoms with Crippen LogP contribution >= 0.6 is 0 Å². The van der Waals surface area contributed by atoms with Gasteiger partial charge in [0.2, 0.25) is 0 Å². The standard InChI is InChI=1S/C30H36N2O6/c1-3-18-37-24-10-6-22(7-11-24)27-26(28(33)23-8-12-25(13-9-23)38-19-4-2)29(34)30(35)32(27)15-5-14-31-16-20-36-21-17-31/h4,6-13,27,33H,2-3,5,14-21H2,1H3/b28-26-. The average molecular weight is 521 g/mol. The molecule has 0 bridgehead atoms. The molecule has 1 atom stereocenters. The van der Waals surface area contributed by atoms with Gasteiger partial charge in [-0.05, 0) is 54.8 Å². The lowest BCUT2D eigenvalue weighted by Gasteiger charge is -2.29. The number of aliphatic hydroxyl groups is 1. The predicted molar refractivity (Wildman–Crippen MR) is 145 cm³/mol. The van der Waals surface area contributed by atoms with E-state index in [1.54, 1.807) is 35.2 Å². The van der Waals surface area contributed by atoms with Crippen LogP contribution in [0.2, 0.25) is 0 Å². The zero-order chi connectivity index (χ0) is 26.9. The fourth-order valence-electron chi connectivity index (χ4n) is 4.73. The van der Waals surface area contributed by atoms with Crippen molar-refractivity contribution in [1.82, 2.24) is 9.80 Å². The normalized spacial score (nSPS) is 19.5. The van der Waals surface area contributed by atoms with Gasteiger partial charge in [-0.1, -0.05) is 31.7 Å². The average Bonchev–Trinajstić information content (AvgIpc) is 3.21. The van der Waals surface area contributed by atoms with E-state index in [2.05, 4.69) is 11.5 Å². The van der Waals surface area contributed by atoms with Crippen molar-refractivity contribution in [2.75, 3.05) is 52.6 Å². The highest BCUT2D eigenvalue weighted by atomic mass is 16.5. The lowest BCUT2D eigenvalue weighted by molar-refractivity contribution is -0.140. The Labute approximate surface area is 224 Å². The van der Waals surface area contributed by atoms with Crippen LogP contribution in [0.1, 0.15) is 36.9 Å². The zero-order valence-electron chi connectivity index (χ0n) is 21.9. The highest BCUT2D eigenvalue weighted by Gasteiger charge is 2.45. The van der Waals surface area contributed by atoms with Crippen LogP contribution in [-0.4, -0.2) is 79.2 Å². The van der Waals surface area contributed by atoms with Crippen LogP contribution in [0.25, 0.3) is 5.76 Å². The topological polar surface area (TPSA) is 88.5 Å². The van der Waals surface area contributed by atoms with Gasteiger partial charge in [-0.2, -0.15) is 0 Å². The number of carbonyl (C=O) groups excluding carboxylic acids is 2. The third kappa shape index (κ3) is 6.44. The smallest absolute Gasteiger partial charge is 0.295 e. The predicted octanol–water partition coefficient (Wildman–Crippen LogP) is 4.18. The van der Waals surface area contributed by atoms with Gasteiger partial charge in [0.1, 0.15) is 23.9 Å². The third-order valence-electron chi connectivity index (χ3n) is 6.68. The molecule has 2 aromatic carbocycles. The number of morpholine rings is 1. The summed E-state index contributed by atoms with van der Waals surface area (Å²) in [7, 11) is 0. The molecule has 2 fully saturated rings. The van der Waals surface area contributed by atoms with Crippen LogP contribution in [0.4, 0.5) is 0 Å². The second-order valence-electron chi connectivity index (χ2n) is 9.34. The Morgan fingerprint density at radius 2 is 1.68 bits per heavy atom. The minimum Gasteiger partial charge on any atom is -0.507 e. The summed E-state index contributed by atoms with van der Waals surface area (Å²) in [5.74, 6) is -0.155. The number of likely N-dealkylation sites (tertiary alicyclic amines) is 1. The largest absolute Gasteiger partial charge is 0.507 e. The molecule has 0 spiro atoms. The number of ether oxygens (including phenoxy) is 3. The fourth-order valence-corrected chi connectivity index (χ4v) is 4.73. The van der Waals surface area contributed by atoms with Crippen molar-refractivity contribution in [2.24, 2.45) is 0 Å². The molecule has 2 aromatic rings. The summed E-state index contributed by atoms with van der Waals surface area (Å²) in [5, 5.41) is 11.3. The quantitative estimate of drug-likeness (QED) is 0.194. The summed E-state index contributed by atoms with van der Waals surface area (Å²) in [6, 6.07) is 13.5. The molecule has 1 N–H and O–H groups in total. The Hall–Kier alpha value is -3.62. The van der Waals surface area contributed by atoms with Crippen LogP contribution in [0.15, 0.2) is 66.8 Å². The van der Waals surface area contributed by atoms with Gasteiger partial charge in [0, 0.05) is 31.7 Å². The van der Waals surface area contributed by atoms with Gasteiger partial charge in [0.05, 0.1) is 31.4 Å². The van der Waals surface area contributed by atoms with Crippen LogP contribution in [0.3, 0.4) is 0 Å². The molecule has 1 unspecified atom stereocenters. The molecule has 0 aromatic heterocycles. The van der Waals surface area contributed by atoms with E-state index in [4.69, 9.17) is 14.2 Å². The lowest BCUT2D eigenvalue weighted by atomic mass is 9.95. The van der Waals surface area contributed by atoms with Crippen molar-refractivity contribution in [2.45, 2.75) is 25.8 Å². The number of amides is 1. The molecule has 4 rings (SSSR count). The number of carbonyl (C=O) groups is 2. The first-order valence-corrected chi connectivity index (χ1v) is 13.2. The molecule has 2 heterocycles. The second-order valence-corrected chi connectivity index (χ2v) is 9.34. The lowest BCUT2D eigenvalue weighted by Crippen LogP contribution is -2.38. The van der Waals surface area contributed by atoms with Crippen LogP contribution < -0.4 is 9.47 Å². The number of nitrogens with zero attached hydrogens (tertiary/aromatic N) is 2. The second kappa shape index (κ2) is 13.3. The molecular formula is C30H36N2O6. The summed E-state index contributed by atoms with van der Waals surface area (Å²) in [4.78, 5) is 30.4. The Bertz CT molecular complexity index is 1140. The molecule has 8 heteroatoms. The summed E-state index contributed by atoms with van der Waals surface area (Å²) >= 11 is 0. The maximum atomic E-state index is 13.3. The molecule has 38 heavy (non-hydrogen) atoms.